The molecule has 142 valence electrons. The summed E-state index contributed by atoms with van der Waals surface area (Å²) in [6.07, 6.45) is 4.39. The smallest absolute Gasteiger partial charge is 0.252 e. The second kappa shape index (κ2) is 7.91. The van der Waals surface area contributed by atoms with Gasteiger partial charge in [-0.1, -0.05) is 25.1 Å². The molecule has 0 aliphatic rings. The van der Waals surface area contributed by atoms with Crippen molar-refractivity contribution < 1.29 is 9.47 Å². The quantitative estimate of drug-likeness (QED) is 0.518. The van der Waals surface area contributed by atoms with Gasteiger partial charge in [-0.05, 0) is 24.6 Å². The SMILES string of the molecule is CCCn1cnc2c(Oc3ccccc3)nc(Nc3ccc(OC)nc3)nc21. The number of nitrogens with zero attached hydrogens (tertiary/aromatic N) is 5. The zero-order valence-corrected chi connectivity index (χ0v) is 15.7. The number of benzene rings is 1. The molecule has 1 aromatic carbocycles. The molecule has 3 heterocycles. The largest absolute Gasteiger partial charge is 0.481 e. The first kappa shape index (κ1) is 17.7. The zero-order valence-electron chi connectivity index (χ0n) is 15.7. The van der Waals surface area contributed by atoms with Crippen molar-refractivity contribution in [3.63, 3.8) is 0 Å². The Hall–Kier alpha value is -3.68. The van der Waals surface area contributed by atoms with Crippen molar-refractivity contribution in [2.45, 2.75) is 19.9 Å². The van der Waals surface area contributed by atoms with Crippen LogP contribution in [0.25, 0.3) is 11.2 Å². The van der Waals surface area contributed by atoms with Crippen LogP contribution in [0, 0.1) is 0 Å². The molecule has 3 aromatic heterocycles. The number of methoxy groups -OCH3 is 1. The first-order valence-corrected chi connectivity index (χ1v) is 8.99. The Balaban J connectivity index is 1.73. The third-order valence-corrected chi connectivity index (χ3v) is 4.06. The molecule has 8 nitrogen and oxygen atoms in total. The van der Waals surface area contributed by atoms with Crippen molar-refractivity contribution in [1.82, 2.24) is 24.5 Å². The Labute approximate surface area is 162 Å². The molecule has 0 radical (unpaired) electrons. The molecule has 0 aliphatic carbocycles. The van der Waals surface area contributed by atoms with E-state index in [0.29, 0.717) is 34.6 Å². The Morgan fingerprint density at radius 2 is 1.89 bits per heavy atom. The Morgan fingerprint density at radius 1 is 1.04 bits per heavy atom. The minimum absolute atomic E-state index is 0.398. The first-order chi connectivity index (χ1) is 13.8. The molecule has 4 aromatic rings. The number of aromatic nitrogens is 5. The van der Waals surface area contributed by atoms with Gasteiger partial charge in [0.25, 0.3) is 5.88 Å². The fraction of sp³-hybridized carbons (Fsp3) is 0.200. The lowest BCUT2D eigenvalue weighted by Crippen LogP contribution is -2.03. The highest BCUT2D eigenvalue weighted by Crippen LogP contribution is 2.28. The molecular weight excluding hydrogens is 356 g/mol. The van der Waals surface area contributed by atoms with Crippen molar-refractivity contribution in [3.8, 4) is 17.5 Å². The summed E-state index contributed by atoms with van der Waals surface area (Å²) < 4.78 is 13.1. The summed E-state index contributed by atoms with van der Waals surface area (Å²) in [6.45, 7) is 2.92. The number of para-hydroxylation sites is 1. The van der Waals surface area contributed by atoms with Crippen LogP contribution in [0.1, 0.15) is 13.3 Å². The molecule has 0 amide bonds. The van der Waals surface area contributed by atoms with Crippen LogP contribution in [0.15, 0.2) is 55.0 Å². The van der Waals surface area contributed by atoms with Crippen LogP contribution in [0.5, 0.6) is 17.5 Å². The van der Waals surface area contributed by atoms with Crippen molar-refractivity contribution >= 4 is 22.8 Å². The van der Waals surface area contributed by atoms with Gasteiger partial charge in [0.1, 0.15) is 5.75 Å². The summed E-state index contributed by atoms with van der Waals surface area (Å²) in [5.41, 5.74) is 2.08. The van der Waals surface area contributed by atoms with Crippen LogP contribution in [0.4, 0.5) is 11.6 Å². The second-order valence-electron chi connectivity index (χ2n) is 6.09. The lowest BCUT2D eigenvalue weighted by molar-refractivity contribution is 0.398. The van der Waals surface area contributed by atoms with Gasteiger partial charge in [0.2, 0.25) is 11.8 Å². The van der Waals surface area contributed by atoms with Gasteiger partial charge in [-0.15, -0.1) is 0 Å². The predicted octanol–water partition coefficient (Wildman–Crippen LogP) is 4.18. The molecule has 0 saturated carbocycles. The zero-order chi connectivity index (χ0) is 19.3. The maximum absolute atomic E-state index is 6.00. The third kappa shape index (κ3) is 3.71. The third-order valence-electron chi connectivity index (χ3n) is 4.06. The number of rotatable bonds is 7. The molecule has 0 bridgehead atoms. The summed E-state index contributed by atoms with van der Waals surface area (Å²) in [4.78, 5) is 17.8. The van der Waals surface area contributed by atoms with E-state index in [1.165, 1.54) is 0 Å². The van der Waals surface area contributed by atoms with Gasteiger partial charge in [-0.25, -0.2) is 9.97 Å². The predicted molar refractivity (Wildman–Crippen MR) is 106 cm³/mol. The van der Waals surface area contributed by atoms with E-state index in [2.05, 4.69) is 32.2 Å². The Bertz CT molecular complexity index is 1060. The summed E-state index contributed by atoms with van der Waals surface area (Å²) in [5, 5.41) is 3.17. The maximum Gasteiger partial charge on any atom is 0.252 e. The van der Waals surface area contributed by atoms with E-state index in [1.54, 1.807) is 25.7 Å². The van der Waals surface area contributed by atoms with Crippen LogP contribution in [-0.4, -0.2) is 31.6 Å². The molecule has 1 N–H and O–H groups in total. The number of nitrogens with one attached hydrogen (secondary N) is 1. The highest BCUT2D eigenvalue weighted by Gasteiger charge is 2.15. The normalized spacial score (nSPS) is 10.8. The monoisotopic (exact) mass is 376 g/mol. The fourth-order valence-corrected chi connectivity index (χ4v) is 2.75. The van der Waals surface area contributed by atoms with Gasteiger partial charge >= 0.3 is 0 Å². The van der Waals surface area contributed by atoms with Crippen molar-refractivity contribution in [1.29, 1.82) is 0 Å². The average molecular weight is 376 g/mol. The van der Waals surface area contributed by atoms with E-state index in [0.717, 1.165) is 18.7 Å². The van der Waals surface area contributed by atoms with Gasteiger partial charge in [0.05, 0.1) is 25.3 Å². The molecule has 0 unspecified atom stereocenters. The van der Waals surface area contributed by atoms with E-state index in [9.17, 15) is 0 Å². The van der Waals surface area contributed by atoms with Crippen LogP contribution in [0.3, 0.4) is 0 Å². The van der Waals surface area contributed by atoms with Crippen LogP contribution >= 0.6 is 0 Å². The van der Waals surface area contributed by atoms with E-state index in [4.69, 9.17) is 9.47 Å². The molecule has 0 atom stereocenters. The van der Waals surface area contributed by atoms with Gasteiger partial charge in [0.15, 0.2) is 11.2 Å². The van der Waals surface area contributed by atoms with E-state index in [-0.39, 0.29) is 0 Å². The molecule has 0 aliphatic heterocycles. The van der Waals surface area contributed by atoms with Crippen molar-refractivity contribution in [2.24, 2.45) is 0 Å². The van der Waals surface area contributed by atoms with E-state index >= 15 is 0 Å². The molecule has 0 spiro atoms. The highest BCUT2D eigenvalue weighted by atomic mass is 16.5. The highest BCUT2D eigenvalue weighted by molar-refractivity contribution is 5.78. The van der Waals surface area contributed by atoms with Gasteiger partial charge in [-0.2, -0.15) is 9.97 Å². The summed E-state index contributed by atoms with van der Waals surface area (Å²) >= 11 is 0. The number of hydrogen-bond acceptors (Lipinski definition) is 7. The number of anilines is 2. The van der Waals surface area contributed by atoms with E-state index < -0.39 is 0 Å². The standard InChI is InChI=1S/C20H20N6O2/c1-3-11-26-13-22-17-18(26)24-20(23-14-9-10-16(27-2)21-12-14)25-19(17)28-15-7-5-4-6-8-15/h4-10,12-13H,3,11H2,1-2H3,(H,23,24,25). The Kier molecular flexibility index (Phi) is 5.01. The van der Waals surface area contributed by atoms with Crippen molar-refractivity contribution in [2.75, 3.05) is 12.4 Å². The molecule has 4 rings (SSSR count). The number of imidazole rings is 1. The number of ether oxygens (including phenoxy) is 2. The van der Waals surface area contributed by atoms with Crippen molar-refractivity contribution in [3.05, 3.63) is 55.0 Å². The second-order valence-corrected chi connectivity index (χ2v) is 6.09. The molecule has 0 saturated heterocycles. The fourth-order valence-electron chi connectivity index (χ4n) is 2.75. The van der Waals surface area contributed by atoms with Gasteiger partial charge in [0, 0.05) is 12.6 Å². The number of aryl methyl sites for hydroxylation is 1. The minimum Gasteiger partial charge on any atom is -0.481 e. The van der Waals surface area contributed by atoms with Crippen LogP contribution in [-0.2, 0) is 6.54 Å². The minimum atomic E-state index is 0.398. The number of fused-ring (bicyclic) bond motifs is 1. The first-order valence-electron chi connectivity index (χ1n) is 8.99. The lowest BCUT2D eigenvalue weighted by Gasteiger charge is -2.10. The molecular formula is C20H20N6O2. The molecule has 0 fully saturated rings. The van der Waals surface area contributed by atoms with E-state index in [1.807, 2.05) is 41.0 Å². The summed E-state index contributed by atoms with van der Waals surface area (Å²) in [6, 6.07) is 13.1. The van der Waals surface area contributed by atoms with Gasteiger partial charge < -0.3 is 19.4 Å². The number of hydrogen-bond donors (Lipinski definition) is 1. The topological polar surface area (TPSA) is 87.0 Å². The van der Waals surface area contributed by atoms with Gasteiger partial charge in [-0.3, -0.25) is 0 Å². The summed E-state index contributed by atoms with van der Waals surface area (Å²) in [5.74, 6) is 2.03. The molecule has 8 heteroatoms. The maximum atomic E-state index is 6.00. The van der Waals surface area contributed by atoms with Crippen LogP contribution < -0.4 is 14.8 Å². The number of pyridine rings is 1. The average Bonchev–Trinajstić information content (AvgIpc) is 3.13. The molecule has 28 heavy (non-hydrogen) atoms. The lowest BCUT2D eigenvalue weighted by atomic mass is 10.3. The van der Waals surface area contributed by atoms with Crippen LogP contribution in [0.2, 0.25) is 0 Å². The Morgan fingerprint density at radius 3 is 2.61 bits per heavy atom. The summed E-state index contributed by atoms with van der Waals surface area (Å²) in [7, 11) is 1.58.